The van der Waals surface area contributed by atoms with Gasteiger partial charge in [0.15, 0.2) is 0 Å². The molecule has 1 aliphatic rings. The first kappa shape index (κ1) is 14.8. The maximum atomic E-state index is 12.4. The molecule has 0 fully saturated rings. The van der Waals surface area contributed by atoms with E-state index in [0.717, 1.165) is 17.8 Å². The Morgan fingerprint density at radius 3 is 3.04 bits per heavy atom. The van der Waals surface area contributed by atoms with Crippen LogP contribution in [0.4, 0.5) is 5.69 Å². The van der Waals surface area contributed by atoms with Gasteiger partial charge in [-0.1, -0.05) is 18.2 Å². The highest BCUT2D eigenvalue weighted by Gasteiger charge is 2.25. The summed E-state index contributed by atoms with van der Waals surface area (Å²) in [5.74, 6) is -0.0651. The second-order valence-corrected chi connectivity index (χ2v) is 6.51. The fourth-order valence-electron chi connectivity index (χ4n) is 2.90. The molecule has 24 heavy (non-hydrogen) atoms. The molecule has 1 amide bonds. The van der Waals surface area contributed by atoms with Crippen LogP contribution in [0, 0.1) is 0 Å². The minimum atomic E-state index is -0.351. The number of hydrogen-bond acceptors (Lipinski definition) is 7. The highest BCUT2D eigenvalue weighted by atomic mass is 32.1. The molecule has 122 valence electrons. The van der Waals surface area contributed by atoms with Gasteiger partial charge in [-0.2, -0.15) is 0 Å². The van der Waals surface area contributed by atoms with E-state index in [2.05, 4.69) is 36.9 Å². The molecule has 1 N–H and O–H groups in total. The molecular weight excluding hydrogens is 326 g/mol. The largest absolute Gasteiger partial charge is 0.411 e. The Balaban J connectivity index is 1.47. The van der Waals surface area contributed by atoms with Gasteiger partial charge in [0, 0.05) is 25.5 Å². The molecule has 4 rings (SSSR count). The van der Waals surface area contributed by atoms with Crippen molar-refractivity contribution in [3.05, 3.63) is 48.0 Å². The van der Waals surface area contributed by atoms with E-state index in [0.29, 0.717) is 5.89 Å². The zero-order valence-corrected chi connectivity index (χ0v) is 13.8. The van der Waals surface area contributed by atoms with E-state index >= 15 is 0 Å². The summed E-state index contributed by atoms with van der Waals surface area (Å²) < 4.78 is 9.43. The lowest BCUT2D eigenvalue weighted by atomic mass is 9.98. The Hall–Kier alpha value is -2.74. The minimum absolute atomic E-state index is 0.00356. The van der Waals surface area contributed by atoms with Crippen LogP contribution in [0.3, 0.4) is 0 Å². The molecule has 0 saturated carbocycles. The number of nitrogens with zero attached hydrogens (tertiary/aromatic N) is 4. The number of rotatable bonds is 3. The number of carbonyl (C=O) groups excluding carboxylic acids is 1. The van der Waals surface area contributed by atoms with Gasteiger partial charge in [-0.25, -0.2) is 4.37 Å². The number of likely N-dealkylation sites (N-methyl/N-ethyl adjacent to an activating group) is 1. The van der Waals surface area contributed by atoms with E-state index < -0.39 is 0 Å². The normalized spacial score (nSPS) is 16.7. The summed E-state index contributed by atoms with van der Waals surface area (Å²) in [5, 5.41) is 10.7. The molecule has 0 saturated heterocycles. The third-order valence-electron chi connectivity index (χ3n) is 3.97. The summed E-state index contributed by atoms with van der Waals surface area (Å²) in [7, 11) is 2.02. The van der Waals surface area contributed by atoms with Gasteiger partial charge in [-0.3, -0.25) is 4.79 Å². The molecule has 0 spiro atoms. The van der Waals surface area contributed by atoms with E-state index in [4.69, 9.17) is 4.42 Å². The fraction of sp³-hybridized carbons (Fsp3) is 0.250. The lowest BCUT2D eigenvalue weighted by Gasteiger charge is -2.33. The number of anilines is 1. The molecule has 1 atom stereocenters. The first-order valence-electron chi connectivity index (χ1n) is 7.55. The third-order valence-corrected chi connectivity index (χ3v) is 4.70. The van der Waals surface area contributed by atoms with Crippen molar-refractivity contribution < 1.29 is 9.21 Å². The zero-order valence-electron chi connectivity index (χ0n) is 13.0. The summed E-state index contributed by atoms with van der Waals surface area (Å²) >= 11 is 1.24. The molecule has 0 radical (unpaired) electrons. The van der Waals surface area contributed by atoms with Crippen LogP contribution in [-0.4, -0.2) is 40.1 Å². The smallest absolute Gasteiger partial charge is 0.309 e. The molecule has 1 aliphatic heterocycles. The molecule has 8 heteroatoms. The van der Waals surface area contributed by atoms with Crippen LogP contribution in [0.5, 0.6) is 0 Å². The number of carbonyl (C=O) groups is 1. The fourth-order valence-corrected chi connectivity index (χ4v) is 3.42. The second-order valence-electron chi connectivity index (χ2n) is 5.67. The average molecular weight is 341 g/mol. The molecule has 7 nitrogen and oxygen atoms in total. The summed E-state index contributed by atoms with van der Waals surface area (Å²) in [6, 6.07) is 9.97. The summed E-state index contributed by atoms with van der Waals surface area (Å²) in [4.78, 5) is 15.3. The number of amides is 1. The molecule has 1 unspecified atom stereocenters. The monoisotopic (exact) mass is 341 g/mol. The van der Waals surface area contributed by atoms with Crippen molar-refractivity contribution in [3.8, 4) is 10.8 Å². The van der Waals surface area contributed by atoms with Crippen LogP contribution in [0.1, 0.15) is 16.2 Å². The van der Waals surface area contributed by atoms with Crippen molar-refractivity contribution in [2.24, 2.45) is 0 Å². The molecule has 0 bridgehead atoms. The van der Waals surface area contributed by atoms with Gasteiger partial charge < -0.3 is 14.6 Å². The average Bonchev–Trinajstić information content (AvgIpc) is 3.26. The first-order valence-corrected chi connectivity index (χ1v) is 8.32. The summed E-state index contributed by atoms with van der Waals surface area (Å²) in [5.41, 5.74) is 2.42. The van der Waals surface area contributed by atoms with E-state index in [1.165, 1.54) is 22.8 Å². The summed E-state index contributed by atoms with van der Waals surface area (Å²) in [6.07, 6.45) is 2.43. The van der Waals surface area contributed by atoms with E-state index in [1.807, 2.05) is 19.2 Å². The van der Waals surface area contributed by atoms with Crippen LogP contribution >= 0.6 is 11.5 Å². The van der Waals surface area contributed by atoms with Gasteiger partial charge in [0.2, 0.25) is 0 Å². The van der Waals surface area contributed by atoms with Crippen molar-refractivity contribution >= 4 is 23.1 Å². The Bertz CT molecular complexity index is 861. The number of benzene rings is 1. The molecule has 2 aromatic heterocycles. The highest BCUT2D eigenvalue weighted by molar-refractivity contribution is 7.09. The maximum Gasteiger partial charge on any atom is 0.309 e. The van der Waals surface area contributed by atoms with Crippen LogP contribution < -0.4 is 10.2 Å². The van der Waals surface area contributed by atoms with Crippen molar-refractivity contribution in [2.45, 2.75) is 12.5 Å². The van der Waals surface area contributed by atoms with Crippen molar-refractivity contribution in [3.63, 3.8) is 0 Å². The SMILES string of the molecule is CN1CC(NC(=O)c2nnc(-c3ccns3)o2)Cc2ccccc21. The van der Waals surface area contributed by atoms with Crippen LogP contribution in [0.2, 0.25) is 0 Å². The number of aromatic nitrogens is 3. The van der Waals surface area contributed by atoms with Gasteiger partial charge in [0.1, 0.15) is 4.88 Å². The van der Waals surface area contributed by atoms with E-state index in [1.54, 1.807) is 12.3 Å². The summed E-state index contributed by atoms with van der Waals surface area (Å²) in [6.45, 7) is 0.735. The number of para-hydroxylation sites is 1. The van der Waals surface area contributed by atoms with Gasteiger partial charge in [-0.05, 0) is 35.6 Å². The van der Waals surface area contributed by atoms with Crippen LogP contribution in [0.25, 0.3) is 10.8 Å². The molecule has 0 aliphatic carbocycles. The topological polar surface area (TPSA) is 84.2 Å². The highest BCUT2D eigenvalue weighted by Crippen LogP contribution is 2.26. The Labute approximate surface area is 142 Å². The Kier molecular flexibility index (Phi) is 3.73. The van der Waals surface area contributed by atoms with Crippen LogP contribution in [-0.2, 0) is 6.42 Å². The lowest BCUT2D eigenvalue weighted by molar-refractivity contribution is 0.0903. The first-order chi connectivity index (χ1) is 11.7. The van der Waals surface area contributed by atoms with Crippen molar-refractivity contribution in [1.82, 2.24) is 19.9 Å². The lowest BCUT2D eigenvalue weighted by Crippen LogP contribution is -2.47. The molecule has 3 aromatic rings. The molecule has 1 aromatic carbocycles. The standard InChI is InChI=1S/C16H15N5O2S/c1-21-9-11(8-10-4-2-3-5-12(10)21)18-14(22)16-20-19-15(23-16)13-6-7-17-24-13/h2-7,11H,8-9H2,1H3,(H,18,22). The molecular formula is C16H15N5O2S. The van der Waals surface area contributed by atoms with Gasteiger partial charge >= 0.3 is 11.8 Å². The zero-order chi connectivity index (χ0) is 16.5. The van der Waals surface area contributed by atoms with Crippen molar-refractivity contribution in [1.29, 1.82) is 0 Å². The number of fused-ring (bicyclic) bond motifs is 1. The number of hydrogen-bond donors (Lipinski definition) is 1. The van der Waals surface area contributed by atoms with E-state index in [-0.39, 0.29) is 17.8 Å². The third kappa shape index (κ3) is 2.76. The Morgan fingerprint density at radius 1 is 1.33 bits per heavy atom. The van der Waals surface area contributed by atoms with Gasteiger partial charge in [0.05, 0.1) is 6.04 Å². The minimum Gasteiger partial charge on any atom is -0.411 e. The predicted octanol–water partition coefficient (Wildman–Crippen LogP) is 1.98. The van der Waals surface area contributed by atoms with Gasteiger partial charge in [-0.15, -0.1) is 10.2 Å². The van der Waals surface area contributed by atoms with Crippen molar-refractivity contribution in [2.75, 3.05) is 18.5 Å². The maximum absolute atomic E-state index is 12.4. The van der Waals surface area contributed by atoms with Crippen LogP contribution in [0.15, 0.2) is 40.9 Å². The number of nitrogens with one attached hydrogen (secondary N) is 1. The van der Waals surface area contributed by atoms with E-state index in [9.17, 15) is 4.79 Å². The molecule has 3 heterocycles. The predicted molar refractivity (Wildman–Crippen MR) is 90.1 cm³/mol. The van der Waals surface area contributed by atoms with Gasteiger partial charge in [0.25, 0.3) is 5.89 Å². The Morgan fingerprint density at radius 2 is 2.21 bits per heavy atom. The second kappa shape index (κ2) is 6.04. The quantitative estimate of drug-likeness (QED) is 0.784.